The molecule has 0 unspecified atom stereocenters. The Bertz CT molecular complexity index is 62.8. The van der Waals surface area contributed by atoms with Crippen molar-refractivity contribution in [2.75, 3.05) is 7.11 Å². The SMILES string of the molecule is C[CH2][Hg][O]C.O=[Si](O)O. The van der Waals surface area contributed by atoms with Crippen molar-refractivity contribution in [3.63, 3.8) is 0 Å². The van der Waals surface area contributed by atoms with Crippen molar-refractivity contribution < 1.29 is 41.7 Å². The predicted molar refractivity (Wildman–Crippen MR) is 28.4 cm³/mol. The average Bonchev–Trinajstić information content (AvgIpc) is 1.66. The van der Waals surface area contributed by atoms with Crippen LogP contribution in [0.25, 0.3) is 0 Å². The van der Waals surface area contributed by atoms with Gasteiger partial charge in [-0.05, 0) is 0 Å². The van der Waals surface area contributed by atoms with Gasteiger partial charge in [-0.3, -0.25) is 4.46 Å². The maximum Gasteiger partial charge on any atom is 0.761 e. The van der Waals surface area contributed by atoms with Gasteiger partial charge in [0.2, 0.25) is 0 Å². The van der Waals surface area contributed by atoms with Crippen LogP contribution >= 0.6 is 0 Å². The standard InChI is InChI=1S/C2H5.CH3O.Hg.H2O3Si/c2*1-2;;1-4(2)3/h1H2,2H3;1H3;;1-2H/q;-1;+1;. The van der Waals surface area contributed by atoms with Crippen LogP contribution in [0.5, 0.6) is 0 Å². The Morgan fingerprint density at radius 2 is 2.00 bits per heavy atom. The van der Waals surface area contributed by atoms with E-state index in [0.717, 1.165) is 0 Å². The predicted octanol–water partition coefficient (Wildman–Crippen LogP) is -0.545. The molecule has 52 valence electrons. The van der Waals surface area contributed by atoms with E-state index in [4.69, 9.17) is 16.7 Å². The van der Waals surface area contributed by atoms with Gasteiger partial charge in [-0.2, -0.15) is 0 Å². The van der Waals surface area contributed by atoms with Crippen LogP contribution < -0.4 is 0 Å². The Kier molecular flexibility index (Phi) is 15.4. The fraction of sp³-hybridized carbons (Fsp3) is 1.00. The van der Waals surface area contributed by atoms with Crippen LogP contribution in [0.2, 0.25) is 3.93 Å². The summed E-state index contributed by atoms with van der Waals surface area (Å²) < 4.78 is 15.0. The van der Waals surface area contributed by atoms with Crippen molar-refractivity contribution in [1.29, 1.82) is 0 Å². The summed E-state index contributed by atoms with van der Waals surface area (Å²) in [6.45, 7) is 2.19. The van der Waals surface area contributed by atoms with Crippen LogP contribution in [0.4, 0.5) is 0 Å². The van der Waals surface area contributed by atoms with E-state index < -0.39 is 34.2 Å². The third kappa shape index (κ3) is 57.2. The molecule has 0 aliphatic heterocycles. The first-order valence-corrected chi connectivity index (χ1v) is 9.99. The summed E-state index contributed by atoms with van der Waals surface area (Å²) in [6, 6.07) is 0. The second-order valence-electron chi connectivity index (χ2n) is 1.28. The molecule has 0 heterocycles. The Balaban J connectivity index is 0. The van der Waals surface area contributed by atoms with Crippen LogP contribution in [0.3, 0.4) is 0 Å². The third-order valence-corrected chi connectivity index (χ3v) is 3.58. The van der Waals surface area contributed by atoms with Gasteiger partial charge in [-0.25, -0.2) is 0 Å². The second-order valence-corrected chi connectivity index (χ2v) is 9.56. The first-order chi connectivity index (χ1) is 4.15. The Labute approximate surface area is 68.9 Å². The van der Waals surface area contributed by atoms with Crippen molar-refractivity contribution in [3.05, 3.63) is 0 Å². The third-order valence-electron chi connectivity index (χ3n) is 0.408. The summed E-state index contributed by atoms with van der Waals surface area (Å²) in [4.78, 5) is 14.3. The summed E-state index contributed by atoms with van der Waals surface area (Å²) in [7, 11) is -1.32. The second kappa shape index (κ2) is 11.3. The molecule has 0 spiro atoms. The normalized spacial score (nSPS) is 6.44. The first-order valence-electron chi connectivity index (χ1n) is 2.56. The number of hydrogen-bond donors (Lipinski definition) is 2. The molecular weight excluding hydrogens is 329 g/mol. The minimum atomic E-state index is -3.13. The van der Waals surface area contributed by atoms with Crippen molar-refractivity contribution in [1.82, 2.24) is 0 Å². The Hall–Kier alpha value is 0.512. The molecule has 4 nitrogen and oxygen atoms in total. The summed E-state index contributed by atoms with van der Waals surface area (Å²) in [5, 5.41) is 0. The molecule has 0 saturated carbocycles. The molecule has 0 aliphatic rings. The quantitative estimate of drug-likeness (QED) is 0.663. The fourth-order valence-electron chi connectivity index (χ4n) is 0.204. The van der Waals surface area contributed by atoms with E-state index in [1.807, 2.05) is 7.11 Å². The number of hydrogen-bond acceptors (Lipinski definition) is 2. The molecule has 6 heteroatoms. The van der Waals surface area contributed by atoms with Crippen molar-refractivity contribution in [2.45, 2.75) is 10.9 Å². The molecule has 2 N–H and O–H groups in total. The van der Waals surface area contributed by atoms with E-state index in [2.05, 4.69) is 6.92 Å². The van der Waals surface area contributed by atoms with Crippen LogP contribution in [0.1, 0.15) is 6.92 Å². The zero-order chi connectivity index (χ0) is 7.70. The molecule has 0 aliphatic carbocycles. The molecule has 0 aromatic carbocycles. The zero-order valence-corrected chi connectivity index (χ0v) is 12.1. The molecule has 0 amide bonds. The molecule has 0 radical (unpaired) electrons. The van der Waals surface area contributed by atoms with Gasteiger partial charge in [0.15, 0.2) is 0 Å². The largest absolute Gasteiger partial charge is 0.761 e. The van der Waals surface area contributed by atoms with Crippen LogP contribution in [0.15, 0.2) is 0 Å². The van der Waals surface area contributed by atoms with Gasteiger partial charge < -0.3 is 9.59 Å². The van der Waals surface area contributed by atoms with E-state index in [1.165, 1.54) is 3.93 Å². The van der Waals surface area contributed by atoms with E-state index in [1.54, 1.807) is 0 Å². The molecule has 0 bridgehead atoms. The van der Waals surface area contributed by atoms with Gasteiger partial charge in [0.1, 0.15) is 0 Å². The summed E-state index contributed by atoms with van der Waals surface area (Å²) in [5.74, 6) is 0. The van der Waals surface area contributed by atoms with Gasteiger partial charge in [0.05, 0.1) is 0 Å². The minimum absolute atomic E-state index is 0.642. The van der Waals surface area contributed by atoms with E-state index in [-0.39, 0.29) is 0 Å². The molecule has 0 atom stereocenters. The Morgan fingerprint density at radius 1 is 1.67 bits per heavy atom. The summed E-state index contributed by atoms with van der Waals surface area (Å²) in [6.07, 6.45) is 0. The summed E-state index contributed by atoms with van der Waals surface area (Å²) in [5.41, 5.74) is 0. The van der Waals surface area contributed by atoms with Gasteiger partial charge >= 0.3 is 54.8 Å². The van der Waals surface area contributed by atoms with Gasteiger partial charge in [-0.1, -0.05) is 0 Å². The van der Waals surface area contributed by atoms with Gasteiger partial charge in [-0.15, -0.1) is 0 Å². The van der Waals surface area contributed by atoms with Crippen molar-refractivity contribution in [2.24, 2.45) is 0 Å². The first kappa shape index (κ1) is 12.2. The van der Waals surface area contributed by atoms with E-state index in [9.17, 15) is 0 Å². The van der Waals surface area contributed by atoms with Gasteiger partial charge in [0.25, 0.3) is 0 Å². The topological polar surface area (TPSA) is 66.8 Å². The van der Waals surface area contributed by atoms with E-state index in [0.29, 0.717) is 0 Å². The number of rotatable bonds is 2. The molecule has 0 rings (SSSR count). The molecule has 0 aromatic heterocycles. The molecule has 0 fully saturated rings. The molecule has 0 aromatic rings. The zero-order valence-electron chi connectivity index (χ0n) is 5.63. The monoisotopic (exact) mass is 340 g/mol. The van der Waals surface area contributed by atoms with Crippen LogP contribution in [0, 0.1) is 0 Å². The molecule has 9 heavy (non-hydrogen) atoms. The average molecular weight is 339 g/mol. The fourth-order valence-corrected chi connectivity index (χ4v) is 1.79. The summed E-state index contributed by atoms with van der Waals surface area (Å²) >= 11 is -0.642. The minimum Gasteiger partial charge on any atom is -0.511 e. The maximum atomic E-state index is 8.74. The van der Waals surface area contributed by atoms with Crippen molar-refractivity contribution in [3.8, 4) is 0 Å². The van der Waals surface area contributed by atoms with E-state index >= 15 is 0 Å². The Morgan fingerprint density at radius 3 is 2.00 bits per heavy atom. The van der Waals surface area contributed by atoms with Crippen LogP contribution in [-0.2, 0) is 32.1 Å². The maximum absolute atomic E-state index is 8.74. The smallest absolute Gasteiger partial charge is 0.511 e. The van der Waals surface area contributed by atoms with Gasteiger partial charge in [0, 0.05) is 0 Å². The van der Waals surface area contributed by atoms with Crippen molar-refractivity contribution >= 4 is 9.17 Å². The van der Waals surface area contributed by atoms with Crippen LogP contribution in [-0.4, -0.2) is 25.9 Å². The molecular formula is C3H10HgO4Si. The molecule has 0 saturated heterocycles.